The Morgan fingerprint density at radius 1 is 1.28 bits per heavy atom. The molecule has 2 unspecified atom stereocenters. The Labute approximate surface area is 156 Å². The minimum atomic E-state index is -1.26. The Hall–Kier alpha value is -1.82. The molecule has 4 nitrogen and oxygen atoms in total. The zero-order chi connectivity index (χ0) is 18.6. The van der Waals surface area contributed by atoms with Crippen LogP contribution in [0.4, 0.5) is 4.39 Å². The van der Waals surface area contributed by atoms with Gasteiger partial charge in [-0.3, -0.25) is 4.99 Å². The quantitative estimate of drug-likeness (QED) is 0.539. The normalized spacial score (nSPS) is 15.5. The lowest BCUT2D eigenvalue weighted by Gasteiger charge is -2.22. The molecule has 0 aliphatic heterocycles. The lowest BCUT2D eigenvalue weighted by atomic mass is 9.96. The van der Waals surface area contributed by atoms with E-state index in [2.05, 4.69) is 10.3 Å². The van der Waals surface area contributed by atoms with Gasteiger partial charge in [0.05, 0.1) is 12.6 Å². The zero-order valence-electron chi connectivity index (χ0n) is 13.9. The van der Waals surface area contributed by atoms with Gasteiger partial charge in [0.25, 0.3) is 0 Å². The molecule has 4 N–H and O–H groups in total. The summed E-state index contributed by atoms with van der Waals surface area (Å²) in [6, 6.07) is 10.6. The number of benzene rings is 2. The molecule has 134 valence electrons. The number of nitrogens with two attached hydrogens (primary N) is 1. The highest BCUT2D eigenvalue weighted by molar-refractivity contribution is 6.35. The third-order valence-electron chi connectivity index (χ3n) is 3.82. The van der Waals surface area contributed by atoms with Crippen molar-refractivity contribution >= 4 is 29.2 Å². The molecule has 2 aromatic rings. The van der Waals surface area contributed by atoms with E-state index in [1.165, 1.54) is 24.3 Å². The second kappa shape index (κ2) is 8.04. The van der Waals surface area contributed by atoms with Crippen molar-refractivity contribution in [2.45, 2.75) is 25.5 Å². The van der Waals surface area contributed by atoms with Crippen LogP contribution in [0.15, 0.2) is 47.5 Å². The molecule has 0 fully saturated rings. The third-order valence-corrected chi connectivity index (χ3v) is 4.38. The van der Waals surface area contributed by atoms with Gasteiger partial charge in [-0.2, -0.15) is 0 Å². The Morgan fingerprint density at radius 3 is 2.52 bits per heavy atom. The molecule has 2 aromatic carbocycles. The van der Waals surface area contributed by atoms with Gasteiger partial charge in [-0.1, -0.05) is 41.4 Å². The van der Waals surface area contributed by atoms with E-state index in [1.807, 2.05) is 13.0 Å². The number of hydrogen-bond acceptors (Lipinski definition) is 2. The van der Waals surface area contributed by atoms with E-state index < -0.39 is 5.60 Å². The summed E-state index contributed by atoms with van der Waals surface area (Å²) in [7, 11) is 0. The largest absolute Gasteiger partial charge is 0.384 e. The topological polar surface area (TPSA) is 70.6 Å². The molecule has 0 heterocycles. The SMILES string of the molecule is CC(NC(N)=NCC(C)(O)c1ccc(F)cc1)c1ccc(Cl)cc1Cl. The average molecular weight is 384 g/mol. The number of rotatable bonds is 5. The van der Waals surface area contributed by atoms with Crippen LogP contribution in [0.3, 0.4) is 0 Å². The summed E-state index contributed by atoms with van der Waals surface area (Å²) in [4.78, 5) is 4.18. The van der Waals surface area contributed by atoms with Crippen LogP contribution >= 0.6 is 23.2 Å². The van der Waals surface area contributed by atoms with Gasteiger partial charge >= 0.3 is 0 Å². The smallest absolute Gasteiger partial charge is 0.189 e. The molecule has 2 rings (SSSR count). The predicted octanol–water partition coefficient (Wildman–Crippen LogP) is 4.01. The fraction of sp³-hybridized carbons (Fsp3) is 0.278. The van der Waals surface area contributed by atoms with E-state index in [4.69, 9.17) is 28.9 Å². The number of nitrogens with zero attached hydrogens (tertiary/aromatic N) is 1. The Balaban J connectivity index is 2.04. The van der Waals surface area contributed by atoms with E-state index >= 15 is 0 Å². The zero-order valence-corrected chi connectivity index (χ0v) is 15.4. The van der Waals surface area contributed by atoms with Crippen molar-refractivity contribution in [3.63, 3.8) is 0 Å². The summed E-state index contributed by atoms with van der Waals surface area (Å²) in [5.41, 5.74) is 6.02. The number of aliphatic hydroxyl groups is 1. The van der Waals surface area contributed by atoms with Gasteiger partial charge in [0.15, 0.2) is 5.96 Å². The highest BCUT2D eigenvalue weighted by Crippen LogP contribution is 2.26. The molecule has 0 spiro atoms. The van der Waals surface area contributed by atoms with Crippen LogP contribution < -0.4 is 11.1 Å². The van der Waals surface area contributed by atoms with Crippen molar-refractivity contribution in [3.8, 4) is 0 Å². The van der Waals surface area contributed by atoms with E-state index in [0.29, 0.717) is 15.6 Å². The molecule has 0 bridgehead atoms. The van der Waals surface area contributed by atoms with Crippen LogP contribution in [0, 0.1) is 5.82 Å². The molecule has 0 amide bonds. The van der Waals surface area contributed by atoms with Gasteiger partial charge in [-0.05, 0) is 49.2 Å². The van der Waals surface area contributed by atoms with Crippen molar-refractivity contribution < 1.29 is 9.50 Å². The van der Waals surface area contributed by atoms with Crippen molar-refractivity contribution in [2.75, 3.05) is 6.54 Å². The first-order chi connectivity index (χ1) is 11.7. The Kier molecular flexibility index (Phi) is 6.27. The predicted molar refractivity (Wildman–Crippen MR) is 100 cm³/mol. The van der Waals surface area contributed by atoms with Gasteiger partial charge in [0, 0.05) is 10.0 Å². The number of halogens is 3. The summed E-state index contributed by atoms with van der Waals surface area (Å²) in [6.07, 6.45) is 0. The number of hydrogen-bond donors (Lipinski definition) is 3. The van der Waals surface area contributed by atoms with Gasteiger partial charge < -0.3 is 16.2 Å². The fourth-order valence-corrected chi connectivity index (χ4v) is 2.91. The first-order valence-electron chi connectivity index (χ1n) is 7.69. The van der Waals surface area contributed by atoms with Crippen LogP contribution in [0.1, 0.15) is 31.0 Å². The molecule has 7 heteroatoms. The molecule has 0 saturated heterocycles. The van der Waals surface area contributed by atoms with Crippen molar-refractivity contribution in [1.82, 2.24) is 5.32 Å². The molecule has 0 aromatic heterocycles. The van der Waals surface area contributed by atoms with E-state index in [0.717, 1.165) is 5.56 Å². The molecular weight excluding hydrogens is 364 g/mol. The van der Waals surface area contributed by atoms with Gasteiger partial charge in [0.2, 0.25) is 0 Å². The summed E-state index contributed by atoms with van der Waals surface area (Å²) in [5, 5.41) is 14.6. The van der Waals surface area contributed by atoms with E-state index in [1.54, 1.807) is 19.1 Å². The number of aliphatic imine (C=N–C) groups is 1. The lowest BCUT2D eigenvalue weighted by molar-refractivity contribution is 0.0672. The van der Waals surface area contributed by atoms with E-state index in [9.17, 15) is 9.50 Å². The highest BCUT2D eigenvalue weighted by atomic mass is 35.5. The second-order valence-corrected chi connectivity index (χ2v) is 6.86. The average Bonchev–Trinajstić information content (AvgIpc) is 2.53. The van der Waals surface area contributed by atoms with Crippen molar-refractivity contribution in [2.24, 2.45) is 10.7 Å². The first-order valence-corrected chi connectivity index (χ1v) is 8.44. The van der Waals surface area contributed by atoms with Crippen LogP contribution in [-0.2, 0) is 5.60 Å². The third kappa shape index (κ3) is 5.33. The monoisotopic (exact) mass is 383 g/mol. The molecule has 0 aliphatic carbocycles. The fourth-order valence-electron chi connectivity index (χ4n) is 2.34. The van der Waals surface area contributed by atoms with Gasteiger partial charge in [-0.15, -0.1) is 0 Å². The minimum Gasteiger partial charge on any atom is -0.384 e. The molecule has 0 radical (unpaired) electrons. The summed E-state index contributed by atoms with van der Waals surface area (Å²) < 4.78 is 13.0. The maximum Gasteiger partial charge on any atom is 0.189 e. The maximum absolute atomic E-state index is 13.0. The molecule has 25 heavy (non-hydrogen) atoms. The van der Waals surface area contributed by atoms with Gasteiger partial charge in [0.1, 0.15) is 11.4 Å². The van der Waals surface area contributed by atoms with Crippen molar-refractivity contribution in [3.05, 3.63) is 69.5 Å². The number of nitrogens with one attached hydrogen (secondary N) is 1. The summed E-state index contributed by atoms with van der Waals surface area (Å²) in [5.74, 6) is -0.196. The highest BCUT2D eigenvalue weighted by Gasteiger charge is 2.23. The minimum absolute atomic E-state index is 0.0263. The van der Waals surface area contributed by atoms with Crippen LogP contribution in [0.25, 0.3) is 0 Å². The van der Waals surface area contributed by atoms with Crippen LogP contribution in [-0.4, -0.2) is 17.6 Å². The summed E-state index contributed by atoms with van der Waals surface area (Å²) in [6.45, 7) is 3.50. The molecule has 0 aliphatic rings. The van der Waals surface area contributed by atoms with Gasteiger partial charge in [-0.25, -0.2) is 4.39 Å². The standard InChI is InChI=1S/C18H20Cl2FN3O/c1-11(15-8-5-13(19)9-16(15)20)24-17(22)23-10-18(2,25)12-3-6-14(21)7-4-12/h3-9,11,25H,10H2,1-2H3,(H3,22,23,24). The van der Waals surface area contributed by atoms with Crippen LogP contribution in [0.2, 0.25) is 10.0 Å². The first kappa shape index (κ1) is 19.5. The molecule has 0 saturated carbocycles. The van der Waals surface area contributed by atoms with Crippen LogP contribution in [0.5, 0.6) is 0 Å². The maximum atomic E-state index is 13.0. The Bertz CT molecular complexity index is 763. The lowest BCUT2D eigenvalue weighted by Crippen LogP contribution is -2.36. The number of guanidine groups is 1. The Morgan fingerprint density at radius 2 is 1.92 bits per heavy atom. The van der Waals surface area contributed by atoms with Crippen molar-refractivity contribution in [1.29, 1.82) is 0 Å². The molecule has 2 atom stereocenters. The van der Waals surface area contributed by atoms with E-state index in [-0.39, 0.29) is 24.4 Å². The molecular formula is C18H20Cl2FN3O. The summed E-state index contributed by atoms with van der Waals surface area (Å²) >= 11 is 12.1. The second-order valence-electron chi connectivity index (χ2n) is 6.01.